The molecule has 182 valence electrons. The van der Waals surface area contributed by atoms with Crippen molar-refractivity contribution in [2.45, 2.75) is 57.6 Å². The van der Waals surface area contributed by atoms with Crippen LogP contribution in [0.15, 0.2) is 48.5 Å². The number of nitrogens with zero attached hydrogens (tertiary/aromatic N) is 2. The van der Waals surface area contributed by atoms with E-state index in [0.29, 0.717) is 13.0 Å². The van der Waals surface area contributed by atoms with Gasteiger partial charge in [0.15, 0.2) is 11.6 Å². The van der Waals surface area contributed by atoms with Gasteiger partial charge in [0.2, 0.25) is 0 Å². The monoisotopic (exact) mass is 474 g/mol. The third-order valence-electron chi connectivity index (χ3n) is 5.82. The van der Waals surface area contributed by atoms with Gasteiger partial charge in [-0.15, -0.1) is 0 Å². The number of fused-ring (bicyclic) bond motifs is 1. The molecule has 7 nitrogen and oxygen atoms in total. The molecule has 2 aliphatic rings. The van der Waals surface area contributed by atoms with Crippen molar-refractivity contribution in [2.24, 2.45) is 0 Å². The summed E-state index contributed by atoms with van der Waals surface area (Å²) in [6.45, 7) is 5.92. The lowest BCUT2D eigenvalue weighted by Crippen LogP contribution is -2.47. The summed E-state index contributed by atoms with van der Waals surface area (Å²) in [5.74, 6) is -1.92. The van der Waals surface area contributed by atoms with Crippen LogP contribution in [-0.2, 0) is 16.1 Å². The maximum atomic E-state index is 13.8. The van der Waals surface area contributed by atoms with E-state index in [-0.39, 0.29) is 24.9 Å². The van der Waals surface area contributed by atoms with Gasteiger partial charge in [-0.05, 0) is 44.9 Å². The predicted molar refractivity (Wildman–Crippen MR) is 119 cm³/mol. The standard InChI is InChI=1S/C25H28F2N2O5/c1-25(2,3)34-24(31)29-14-21(33-17-9-10-18(26)19(27)13-17)22-20(29)11-12-28(22)23(30)32-15-16-7-5-4-6-8-16/h4-10,13,20-22H,11-12,14-15H2,1-3H3/t20-,21+,22+/m1/s1. The molecule has 0 N–H and O–H groups in total. The molecule has 0 aromatic heterocycles. The molecule has 3 atom stereocenters. The average molecular weight is 475 g/mol. The second-order valence-electron chi connectivity index (χ2n) is 9.45. The largest absolute Gasteiger partial charge is 0.486 e. The molecule has 0 aliphatic carbocycles. The number of carbonyl (C=O) groups is 2. The highest BCUT2D eigenvalue weighted by Gasteiger charge is 2.54. The van der Waals surface area contributed by atoms with Gasteiger partial charge < -0.3 is 14.2 Å². The molecular formula is C25H28F2N2O5. The fourth-order valence-corrected chi connectivity index (χ4v) is 4.40. The zero-order chi connectivity index (χ0) is 24.5. The third-order valence-corrected chi connectivity index (χ3v) is 5.82. The van der Waals surface area contributed by atoms with E-state index in [9.17, 15) is 18.4 Å². The van der Waals surface area contributed by atoms with Crippen LogP contribution in [0.25, 0.3) is 0 Å². The Morgan fingerprint density at radius 3 is 2.41 bits per heavy atom. The smallest absolute Gasteiger partial charge is 0.410 e. The van der Waals surface area contributed by atoms with Crippen molar-refractivity contribution in [3.05, 3.63) is 65.7 Å². The van der Waals surface area contributed by atoms with E-state index in [1.54, 1.807) is 30.6 Å². The van der Waals surface area contributed by atoms with Crippen LogP contribution in [0.1, 0.15) is 32.8 Å². The maximum Gasteiger partial charge on any atom is 0.410 e. The first-order chi connectivity index (χ1) is 16.1. The van der Waals surface area contributed by atoms with Gasteiger partial charge in [0.05, 0.1) is 18.6 Å². The first-order valence-corrected chi connectivity index (χ1v) is 11.2. The Morgan fingerprint density at radius 1 is 1.00 bits per heavy atom. The molecule has 2 heterocycles. The van der Waals surface area contributed by atoms with Crippen LogP contribution in [0.5, 0.6) is 5.75 Å². The normalized spacial score (nSPS) is 21.9. The van der Waals surface area contributed by atoms with Crippen molar-refractivity contribution in [2.75, 3.05) is 13.1 Å². The van der Waals surface area contributed by atoms with Gasteiger partial charge in [0, 0.05) is 12.6 Å². The molecule has 2 aromatic rings. The molecule has 0 unspecified atom stereocenters. The minimum Gasteiger partial charge on any atom is -0.486 e. The molecule has 0 spiro atoms. The quantitative estimate of drug-likeness (QED) is 0.640. The minimum absolute atomic E-state index is 0.109. The first kappa shape index (κ1) is 23.8. The molecule has 2 saturated heterocycles. The zero-order valence-corrected chi connectivity index (χ0v) is 19.4. The van der Waals surface area contributed by atoms with Crippen molar-refractivity contribution < 1.29 is 32.6 Å². The summed E-state index contributed by atoms with van der Waals surface area (Å²) in [7, 11) is 0. The van der Waals surface area contributed by atoms with E-state index in [2.05, 4.69) is 0 Å². The van der Waals surface area contributed by atoms with Crippen molar-refractivity contribution in [3.63, 3.8) is 0 Å². The van der Waals surface area contributed by atoms with E-state index in [4.69, 9.17) is 14.2 Å². The number of hydrogen-bond acceptors (Lipinski definition) is 5. The Hall–Kier alpha value is -3.36. The van der Waals surface area contributed by atoms with Crippen molar-refractivity contribution in [1.82, 2.24) is 9.80 Å². The average Bonchev–Trinajstić information content (AvgIpc) is 3.36. The number of benzene rings is 2. The van der Waals surface area contributed by atoms with Crippen molar-refractivity contribution in [3.8, 4) is 5.75 Å². The fourth-order valence-electron chi connectivity index (χ4n) is 4.40. The van der Waals surface area contributed by atoms with Gasteiger partial charge in [0.25, 0.3) is 0 Å². The minimum atomic E-state index is -1.04. The van der Waals surface area contributed by atoms with Gasteiger partial charge in [-0.1, -0.05) is 30.3 Å². The molecule has 0 saturated carbocycles. The lowest BCUT2D eigenvalue weighted by Gasteiger charge is -2.28. The molecule has 0 radical (unpaired) electrons. The highest BCUT2D eigenvalue weighted by molar-refractivity contribution is 5.72. The number of carbonyl (C=O) groups excluding carboxylic acids is 2. The highest BCUT2D eigenvalue weighted by Crippen LogP contribution is 2.36. The molecule has 2 amide bonds. The van der Waals surface area contributed by atoms with Gasteiger partial charge in [-0.3, -0.25) is 9.80 Å². The summed E-state index contributed by atoms with van der Waals surface area (Å²) in [5.41, 5.74) is 0.154. The number of amides is 2. The summed E-state index contributed by atoms with van der Waals surface area (Å²) in [5, 5.41) is 0. The fraction of sp³-hybridized carbons (Fsp3) is 0.440. The first-order valence-electron chi connectivity index (χ1n) is 11.2. The molecule has 4 rings (SSSR count). The van der Waals surface area contributed by atoms with Gasteiger partial charge >= 0.3 is 12.2 Å². The lowest BCUT2D eigenvalue weighted by atomic mass is 10.1. The molecule has 2 fully saturated rings. The summed E-state index contributed by atoms with van der Waals surface area (Å²) in [6, 6.07) is 11.7. The van der Waals surface area contributed by atoms with Crippen LogP contribution < -0.4 is 4.74 Å². The van der Waals surface area contributed by atoms with E-state index in [1.165, 1.54) is 6.07 Å². The topological polar surface area (TPSA) is 68.3 Å². The van der Waals surface area contributed by atoms with Gasteiger partial charge in [-0.2, -0.15) is 0 Å². The van der Waals surface area contributed by atoms with Crippen LogP contribution in [-0.4, -0.2) is 58.9 Å². The van der Waals surface area contributed by atoms with Gasteiger partial charge in [0.1, 0.15) is 24.1 Å². The maximum absolute atomic E-state index is 13.8. The highest BCUT2D eigenvalue weighted by atomic mass is 19.2. The Labute approximate surface area is 197 Å². The molecular weight excluding hydrogens is 446 g/mol. The van der Waals surface area contributed by atoms with Crippen LogP contribution in [0.4, 0.5) is 18.4 Å². The molecule has 34 heavy (non-hydrogen) atoms. The third kappa shape index (κ3) is 5.24. The number of hydrogen-bond donors (Lipinski definition) is 0. The Kier molecular flexibility index (Phi) is 6.63. The lowest BCUT2D eigenvalue weighted by molar-refractivity contribution is 0.0212. The number of halogens is 2. The van der Waals surface area contributed by atoms with E-state index in [1.807, 2.05) is 30.3 Å². The Bertz CT molecular complexity index is 1040. The van der Waals surface area contributed by atoms with Crippen LogP contribution in [0.2, 0.25) is 0 Å². The predicted octanol–water partition coefficient (Wildman–Crippen LogP) is 4.74. The second kappa shape index (κ2) is 9.48. The van der Waals surface area contributed by atoms with Crippen LogP contribution in [0, 0.1) is 11.6 Å². The summed E-state index contributed by atoms with van der Waals surface area (Å²) >= 11 is 0. The summed E-state index contributed by atoms with van der Waals surface area (Å²) in [6.07, 6.45) is -1.20. The van der Waals surface area contributed by atoms with E-state index in [0.717, 1.165) is 17.7 Å². The SMILES string of the molecule is CC(C)(C)OC(=O)N1C[C@H](Oc2ccc(F)c(F)c2)[C@@H]2[C@H]1CCN2C(=O)OCc1ccccc1. The number of rotatable bonds is 4. The van der Waals surface area contributed by atoms with Crippen molar-refractivity contribution in [1.29, 1.82) is 0 Å². The van der Waals surface area contributed by atoms with Crippen LogP contribution >= 0.6 is 0 Å². The van der Waals surface area contributed by atoms with Crippen LogP contribution in [0.3, 0.4) is 0 Å². The molecule has 0 bridgehead atoms. The molecule has 2 aliphatic heterocycles. The molecule has 9 heteroatoms. The van der Waals surface area contributed by atoms with E-state index >= 15 is 0 Å². The Balaban J connectivity index is 1.53. The zero-order valence-electron chi connectivity index (χ0n) is 19.4. The summed E-state index contributed by atoms with van der Waals surface area (Å²) < 4.78 is 44.2. The van der Waals surface area contributed by atoms with Gasteiger partial charge in [-0.25, -0.2) is 18.4 Å². The van der Waals surface area contributed by atoms with Crippen molar-refractivity contribution >= 4 is 12.2 Å². The Morgan fingerprint density at radius 2 is 1.74 bits per heavy atom. The summed E-state index contributed by atoms with van der Waals surface area (Å²) in [4.78, 5) is 28.9. The van der Waals surface area contributed by atoms with E-state index < -0.39 is 41.6 Å². The number of likely N-dealkylation sites (tertiary alicyclic amines) is 2. The second-order valence-corrected chi connectivity index (χ2v) is 9.45. The number of ether oxygens (including phenoxy) is 3. The molecule has 2 aromatic carbocycles.